The van der Waals surface area contributed by atoms with Gasteiger partial charge in [0, 0.05) is 19.6 Å². The molecule has 0 saturated heterocycles. The lowest BCUT2D eigenvalue weighted by Crippen LogP contribution is -2.14. The summed E-state index contributed by atoms with van der Waals surface area (Å²) in [5.74, 6) is -0.728. The van der Waals surface area contributed by atoms with Crippen LogP contribution in [0.5, 0.6) is 0 Å². The summed E-state index contributed by atoms with van der Waals surface area (Å²) in [6.45, 7) is 10.2. The topological polar surface area (TPSA) is 113 Å². The third-order valence-corrected chi connectivity index (χ3v) is 5.58. The smallest absolute Gasteiger partial charge is 0.469 e. The second-order valence-corrected chi connectivity index (χ2v) is 10.4. The summed E-state index contributed by atoms with van der Waals surface area (Å²) in [4.78, 5) is 28.0. The van der Waals surface area contributed by atoms with E-state index in [0.717, 1.165) is 58.2 Å². The number of aliphatic carboxylic acids is 1. The molecule has 0 atom stereocenters. The van der Waals surface area contributed by atoms with E-state index in [-0.39, 0.29) is 23.9 Å². The first-order valence-corrected chi connectivity index (χ1v) is 11.9. The molecule has 0 spiro atoms. The van der Waals surface area contributed by atoms with Crippen molar-refractivity contribution in [3.63, 3.8) is 0 Å². The van der Waals surface area contributed by atoms with Crippen molar-refractivity contribution in [3.05, 3.63) is 0 Å². The molecule has 0 aromatic heterocycles. The van der Waals surface area contributed by atoms with Gasteiger partial charge in [0.1, 0.15) is 0 Å². The van der Waals surface area contributed by atoms with Crippen LogP contribution < -0.4 is 0 Å². The van der Waals surface area contributed by atoms with E-state index in [1.807, 2.05) is 0 Å². The van der Waals surface area contributed by atoms with E-state index in [9.17, 15) is 9.36 Å². The van der Waals surface area contributed by atoms with Crippen molar-refractivity contribution < 1.29 is 33.5 Å². The maximum atomic E-state index is 10.7. The minimum absolute atomic E-state index is 0.0697. The number of carboxylic acids is 1. The van der Waals surface area contributed by atoms with Gasteiger partial charge in [-0.25, -0.2) is 4.57 Å². The van der Waals surface area contributed by atoms with Gasteiger partial charge in [-0.15, -0.1) is 0 Å². The molecule has 168 valence electrons. The number of hydrogen-bond acceptors (Lipinski definition) is 4. The van der Waals surface area contributed by atoms with E-state index in [1.165, 1.54) is 0 Å². The molecular formula is C20H41O7P. The fraction of sp³-hybridized carbons (Fsp3) is 0.950. The molecular weight excluding hydrogens is 383 g/mol. The highest BCUT2D eigenvalue weighted by Crippen LogP contribution is 2.37. The van der Waals surface area contributed by atoms with Gasteiger partial charge in [-0.1, -0.05) is 40.5 Å². The van der Waals surface area contributed by atoms with E-state index in [2.05, 4.69) is 32.2 Å². The summed E-state index contributed by atoms with van der Waals surface area (Å²) in [6.07, 6.45) is 8.64. The van der Waals surface area contributed by atoms with Crippen molar-refractivity contribution in [3.8, 4) is 0 Å². The normalized spacial score (nSPS) is 13.1. The van der Waals surface area contributed by atoms with Crippen molar-refractivity contribution in [2.75, 3.05) is 19.8 Å². The number of ether oxygens (including phenoxy) is 1. The third-order valence-electron chi connectivity index (χ3n) is 5.06. The lowest BCUT2D eigenvalue weighted by molar-refractivity contribution is -0.137. The maximum Gasteiger partial charge on any atom is 0.469 e. The van der Waals surface area contributed by atoms with Crippen molar-refractivity contribution in [1.82, 2.24) is 0 Å². The second kappa shape index (κ2) is 13.7. The van der Waals surface area contributed by atoms with Gasteiger partial charge in [0.15, 0.2) is 0 Å². The molecule has 0 heterocycles. The molecule has 7 nitrogen and oxygen atoms in total. The van der Waals surface area contributed by atoms with Gasteiger partial charge in [0.25, 0.3) is 0 Å². The SMILES string of the molecule is CC(C)(CCCCOCCCCC(C)(C)CCC(=O)O)CCCOP(=O)(O)O. The zero-order valence-electron chi connectivity index (χ0n) is 18.1. The lowest BCUT2D eigenvalue weighted by atomic mass is 9.83. The molecule has 0 aliphatic carbocycles. The Hall–Kier alpha value is -0.460. The Morgan fingerprint density at radius 1 is 0.786 bits per heavy atom. The maximum absolute atomic E-state index is 10.7. The number of carboxylic acid groups (broad SMARTS) is 1. The standard InChI is InChI=1S/C20H41O7P/c1-19(2,13-9-17-27-28(23,24)25)11-5-7-15-26-16-8-6-12-20(3,4)14-10-18(21)22/h5-17H2,1-4H3,(H,21,22)(H2,23,24,25). The molecule has 0 bridgehead atoms. The summed E-state index contributed by atoms with van der Waals surface area (Å²) in [6, 6.07) is 0. The molecule has 0 saturated carbocycles. The fourth-order valence-corrected chi connectivity index (χ4v) is 3.51. The fourth-order valence-electron chi connectivity index (χ4n) is 3.15. The Morgan fingerprint density at radius 3 is 1.71 bits per heavy atom. The van der Waals surface area contributed by atoms with E-state index in [4.69, 9.17) is 19.6 Å². The van der Waals surface area contributed by atoms with Crippen molar-refractivity contribution in [2.24, 2.45) is 10.8 Å². The largest absolute Gasteiger partial charge is 0.481 e. The predicted molar refractivity (Wildman–Crippen MR) is 110 cm³/mol. The Morgan fingerprint density at radius 2 is 1.25 bits per heavy atom. The van der Waals surface area contributed by atoms with E-state index >= 15 is 0 Å². The van der Waals surface area contributed by atoms with Crippen molar-refractivity contribution >= 4 is 13.8 Å². The van der Waals surface area contributed by atoms with E-state index in [0.29, 0.717) is 12.8 Å². The van der Waals surface area contributed by atoms with Crippen LogP contribution in [0.1, 0.15) is 91.9 Å². The highest BCUT2D eigenvalue weighted by atomic mass is 31.2. The van der Waals surface area contributed by atoms with Crippen LogP contribution in [0.15, 0.2) is 0 Å². The number of unbranched alkanes of at least 4 members (excludes halogenated alkanes) is 2. The van der Waals surface area contributed by atoms with Gasteiger partial charge in [-0.3, -0.25) is 9.32 Å². The molecule has 8 heteroatoms. The van der Waals surface area contributed by atoms with Crippen LogP contribution in [-0.4, -0.2) is 40.7 Å². The van der Waals surface area contributed by atoms with Crippen LogP contribution in [0, 0.1) is 10.8 Å². The molecule has 0 aromatic carbocycles. The highest BCUT2D eigenvalue weighted by Gasteiger charge is 2.19. The van der Waals surface area contributed by atoms with E-state index in [1.54, 1.807) is 0 Å². The monoisotopic (exact) mass is 424 g/mol. The molecule has 28 heavy (non-hydrogen) atoms. The molecule has 0 fully saturated rings. The zero-order valence-corrected chi connectivity index (χ0v) is 19.0. The average Bonchev–Trinajstić information content (AvgIpc) is 2.55. The first-order valence-electron chi connectivity index (χ1n) is 10.3. The zero-order chi connectivity index (χ0) is 21.7. The Kier molecular flexibility index (Phi) is 13.5. The molecule has 3 N–H and O–H groups in total. The highest BCUT2D eigenvalue weighted by molar-refractivity contribution is 7.46. The Labute approximate surface area is 170 Å². The second-order valence-electron chi connectivity index (χ2n) is 9.18. The van der Waals surface area contributed by atoms with Crippen LogP contribution in [0.25, 0.3) is 0 Å². The first-order chi connectivity index (χ1) is 12.8. The van der Waals surface area contributed by atoms with Gasteiger partial charge in [-0.05, 0) is 55.8 Å². The van der Waals surface area contributed by atoms with Crippen LogP contribution in [0.4, 0.5) is 0 Å². The molecule has 0 radical (unpaired) electrons. The van der Waals surface area contributed by atoms with Crippen LogP contribution in [-0.2, 0) is 18.6 Å². The summed E-state index contributed by atoms with van der Waals surface area (Å²) in [5.41, 5.74) is 0.195. The lowest BCUT2D eigenvalue weighted by Gasteiger charge is -2.24. The van der Waals surface area contributed by atoms with Gasteiger partial charge < -0.3 is 19.6 Å². The minimum atomic E-state index is -4.35. The number of phosphoric ester groups is 1. The molecule has 0 aromatic rings. The molecule has 0 amide bonds. The van der Waals surface area contributed by atoms with Gasteiger partial charge in [0.05, 0.1) is 6.61 Å². The number of carbonyl (C=O) groups is 1. The Bertz CT molecular complexity index is 471. The number of rotatable bonds is 18. The van der Waals surface area contributed by atoms with Gasteiger partial charge in [0.2, 0.25) is 0 Å². The number of hydrogen-bond donors (Lipinski definition) is 3. The van der Waals surface area contributed by atoms with Gasteiger partial charge in [-0.2, -0.15) is 0 Å². The first kappa shape index (κ1) is 27.5. The summed E-state index contributed by atoms with van der Waals surface area (Å²) >= 11 is 0. The van der Waals surface area contributed by atoms with Crippen molar-refractivity contribution in [1.29, 1.82) is 0 Å². The summed E-state index contributed by atoms with van der Waals surface area (Å²) in [7, 11) is -4.35. The molecule has 0 aliphatic heterocycles. The Balaban J connectivity index is 3.60. The van der Waals surface area contributed by atoms with E-state index < -0.39 is 13.8 Å². The summed E-state index contributed by atoms with van der Waals surface area (Å²) in [5, 5.41) is 8.77. The van der Waals surface area contributed by atoms with Crippen LogP contribution >= 0.6 is 7.82 Å². The van der Waals surface area contributed by atoms with Crippen LogP contribution in [0.3, 0.4) is 0 Å². The molecule has 0 unspecified atom stereocenters. The average molecular weight is 425 g/mol. The van der Waals surface area contributed by atoms with Gasteiger partial charge >= 0.3 is 13.8 Å². The van der Waals surface area contributed by atoms with Crippen LogP contribution in [0.2, 0.25) is 0 Å². The molecule has 0 rings (SSSR count). The third kappa shape index (κ3) is 18.9. The number of phosphoric acid groups is 1. The summed E-state index contributed by atoms with van der Waals surface area (Å²) < 4.78 is 20.8. The minimum Gasteiger partial charge on any atom is -0.481 e. The molecule has 0 aliphatic rings. The predicted octanol–water partition coefficient (Wildman–Crippen LogP) is 5.15. The quantitative estimate of drug-likeness (QED) is 0.206. The van der Waals surface area contributed by atoms with Crippen molar-refractivity contribution in [2.45, 2.75) is 91.9 Å².